The molecule has 0 saturated carbocycles. The Labute approximate surface area is 90.8 Å². The van der Waals surface area contributed by atoms with Crippen molar-refractivity contribution in [1.82, 2.24) is 0 Å². The first-order chi connectivity index (χ1) is 7.02. The number of allylic oxidation sites excluding steroid dienone is 1. The van der Waals surface area contributed by atoms with Gasteiger partial charge < -0.3 is 0 Å². The molecule has 0 aliphatic heterocycles. The van der Waals surface area contributed by atoms with Gasteiger partial charge in [0.05, 0.1) is 0 Å². The fourth-order valence-corrected chi connectivity index (χ4v) is 1.98. The van der Waals surface area contributed by atoms with Gasteiger partial charge in [-0.2, -0.15) is 0 Å². The molecule has 1 aliphatic carbocycles. The molecule has 15 heavy (non-hydrogen) atoms. The predicted octanol–water partition coefficient (Wildman–Crippen LogP) is 3.48. The van der Waals surface area contributed by atoms with Gasteiger partial charge >= 0.3 is 0 Å². The number of fused-ring (bicyclic) bond motifs is 1. The molecule has 0 spiro atoms. The van der Waals surface area contributed by atoms with Crippen LogP contribution < -0.4 is 0 Å². The third-order valence-electron chi connectivity index (χ3n) is 3.02. The maximum absolute atomic E-state index is 10.9. The maximum Gasteiger partial charge on any atom is 0.150 e. The van der Waals surface area contributed by atoms with Crippen molar-refractivity contribution in [3.05, 3.63) is 40.5 Å². The summed E-state index contributed by atoms with van der Waals surface area (Å²) >= 11 is 0. The summed E-state index contributed by atoms with van der Waals surface area (Å²) in [6, 6.07) is 5.95. The van der Waals surface area contributed by atoms with Crippen molar-refractivity contribution < 1.29 is 4.79 Å². The summed E-state index contributed by atoms with van der Waals surface area (Å²) in [6.45, 7) is 6.64. The molecule has 1 nitrogen and oxygen atoms in total. The van der Waals surface area contributed by atoms with Crippen LogP contribution in [-0.2, 0) is 6.42 Å². The third kappa shape index (κ3) is 1.74. The molecule has 2 rings (SSSR count). The van der Waals surface area contributed by atoms with E-state index < -0.39 is 0 Å². The number of aldehydes is 1. The maximum atomic E-state index is 10.9. The number of carbonyl (C=O) groups excluding carboxylic acids is 1. The van der Waals surface area contributed by atoms with Crippen molar-refractivity contribution in [1.29, 1.82) is 0 Å². The second kappa shape index (κ2) is 3.34. The summed E-state index contributed by atoms with van der Waals surface area (Å²) in [5, 5.41) is 0. The molecule has 0 N–H and O–H groups in total. The molecule has 1 aliphatic rings. The minimum absolute atomic E-state index is 0.194. The van der Waals surface area contributed by atoms with E-state index in [1.54, 1.807) is 0 Å². The van der Waals surface area contributed by atoms with Crippen LogP contribution in [0.15, 0.2) is 23.8 Å². The number of hydrogen-bond donors (Lipinski definition) is 0. The number of carbonyl (C=O) groups is 1. The Balaban J connectivity index is 2.49. The summed E-state index contributed by atoms with van der Waals surface area (Å²) < 4.78 is 0. The highest BCUT2D eigenvalue weighted by atomic mass is 16.1. The predicted molar refractivity (Wildman–Crippen MR) is 63.0 cm³/mol. The van der Waals surface area contributed by atoms with Gasteiger partial charge in [-0.05, 0) is 23.0 Å². The molecule has 0 fully saturated rings. The van der Waals surface area contributed by atoms with Gasteiger partial charge in [0, 0.05) is 5.56 Å². The summed E-state index contributed by atoms with van der Waals surface area (Å²) in [6.07, 6.45) is 4.11. The fourth-order valence-electron chi connectivity index (χ4n) is 1.98. The van der Waals surface area contributed by atoms with Crippen molar-refractivity contribution >= 4 is 12.4 Å². The largest absolute Gasteiger partial charge is 0.298 e. The highest BCUT2D eigenvalue weighted by Crippen LogP contribution is 2.37. The van der Waals surface area contributed by atoms with Crippen molar-refractivity contribution in [2.45, 2.75) is 27.2 Å². The molecule has 78 valence electrons. The van der Waals surface area contributed by atoms with Crippen LogP contribution >= 0.6 is 0 Å². The van der Waals surface area contributed by atoms with Gasteiger partial charge in [-0.25, -0.2) is 0 Å². The third-order valence-corrected chi connectivity index (χ3v) is 3.02. The number of hydrogen-bond acceptors (Lipinski definition) is 1. The molecular weight excluding hydrogens is 184 g/mol. The molecule has 0 radical (unpaired) electrons. The first-order valence-corrected chi connectivity index (χ1v) is 5.30. The van der Waals surface area contributed by atoms with Crippen LogP contribution in [0, 0.1) is 5.41 Å². The lowest BCUT2D eigenvalue weighted by molar-refractivity contribution is 0.112. The monoisotopic (exact) mass is 200 g/mol. The van der Waals surface area contributed by atoms with Crippen LogP contribution in [-0.4, -0.2) is 6.29 Å². The minimum Gasteiger partial charge on any atom is -0.298 e. The van der Waals surface area contributed by atoms with Crippen LogP contribution in [0.25, 0.3) is 6.08 Å². The molecule has 1 aromatic rings. The second-order valence-electron chi connectivity index (χ2n) is 5.13. The molecule has 0 bridgehead atoms. The van der Waals surface area contributed by atoms with Gasteiger partial charge in [0.25, 0.3) is 0 Å². The van der Waals surface area contributed by atoms with Crippen molar-refractivity contribution in [3.8, 4) is 0 Å². The molecular formula is C14H16O. The van der Waals surface area contributed by atoms with Gasteiger partial charge in [-0.15, -0.1) is 0 Å². The summed E-state index contributed by atoms with van der Waals surface area (Å²) in [4.78, 5) is 10.9. The average Bonchev–Trinajstić information content (AvgIpc) is 2.59. The van der Waals surface area contributed by atoms with E-state index >= 15 is 0 Å². The summed E-state index contributed by atoms with van der Waals surface area (Å²) in [5.74, 6) is 0. The second-order valence-corrected chi connectivity index (χ2v) is 5.13. The van der Waals surface area contributed by atoms with Gasteiger partial charge in [0.2, 0.25) is 0 Å². The molecule has 1 aromatic carbocycles. The number of benzene rings is 1. The molecule has 0 saturated heterocycles. The molecule has 0 heterocycles. The van der Waals surface area contributed by atoms with Gasteiger partial charge in [-0.1, -0.05) is 50.6 Å². The average molecular weight is 200 g/mol. The Kier molecular flexibility index (Phi) is 2.26. The van der Waals surface area contributed by atoms with Gasteiger partial charge in [-0.3, -0.25) is 4.79 Å². The van der Waals surface area contributed by atoms with E-state index in [0.29, 0.717) is 0 Å². The van der Waals surface area contributed by atoms with Crippen molar-refractivity contribution in [3.63, 3.8) is 0 Å². The molecule has 0 amide bonds. The van der Waals surface area contributed by atoms with E-state index in [-0.39, 0.29) is 5.41 Å². The lowest BCUT2D eigenvalue weighted by Gasteiger charge is -2.19. The van der Waals surface area contributed by atoms with Gasteiger partial charge in [0.15, 0.2) is 6.29 Å². The van der Waals surface area contributed by atoms with E-state index in [2.05, 4.69) is 32.9 Å². The van der Waals surface area contributed by atoms with Crippen molar-refractivity contribution in [2.75, 3.05) is 0 Å². The smallest absolute Gasteiger partial charge is 0.150 e. The minimum atomic E-state index is 0.194. The molecule has 0 unspecified atom stereocenters. The Bertz CT molecular complexity index is 433. The zero-order valence-corrected chi connectivity index (χ0v) is 9.50. The molecule has 0 aromatic heterocycles. The first-order valence-electron chi connectivity index (χ1n) is 5.30. The first kappa shape index (κ1) is 10.2. The quantitative estimate of drug-likeness (QED) is 0.634. The lowest BCUT2D eigenvalue weighted by Crippen LogP contribution is -2.08. The Morgan fingerprint density at radius 2 is 2.00 bits per heavy atom. The fraction of sp³-hybridized carbons (Fsp3) is 0.357. The Morgan fingerprint density at radius 3 is 2.60 bits per heavy atom. The Morgan fingerprint density at radius 1 is 1.27 bits per heavy atom. The van der Waals surface area contributed by atoms with E-state index in [4.69, 9.17) is 0 Å². The topological polar surface area (TPSA) is 17.1 Å². The molecule has 0 atom stereocenters. The van der Waals surface area contributed by atoms with E-state index in [1.807, 2.05) is 12.1 Å². The van der Waals surface area contributed by atoms with Crippen LogP contribution in [0.5, 0.6) is 0 Å². The van der Waals surface area contributed by atoms with E-state index in [0.717, 1.165) is 23.8 Å². The Hall–Kier alpha value is -1.37. The SMILES string of the molecule is CC(C)(C)C1=Cc2c(C=O)cccc2C1. The highest BCUT2D eigenvalue weighted by molar-refractivity contribution is 5.85. The molecule has 1 heteroatoms. The van der Waals surface area contributed by atoms with Gasteiger partial charge in [0.1, 0.15) is 0 Å². The summed E-state index contributed by atoms with van der Waals surface area (Å²) in [5.41, 5.74) is 4.82. The van der Waals surface area contributed by atoms with Crippen molar-refractivity contribution in [2.24, 2.45) is 5.41 Å². The lowest BCUT2D eigenvalue weighted by atomic mass is 9.85. The van der Waals surface area contributed by atoms with Crippen LogP contribution in [0.4, 0.5) is 0 Å². The van der Waals surface area contributed by atoms with E-state index in [1.165, 1.54) is 11.1 Å². The normalized spacial score (nSPS) is 14.7. The zero-order valence-electron chi connectivity index (χ0n) is 9.50. The van der Waals surface area contributed by atoms with Crippen LogP contribution in [0.3, 0.4) is 0 Å². The van der Waals surface area contributed by atoms with Crippen LogP contribution in [0.2, 0.25) is 0 Å². The summed E-state index contributed by atoms with van der Waals surface area (Å²) in [7, 11) is 0. The van der Waals surface area contributed by atoms with E-state index in [9.17, 15) is 4.79 Å². The number of rotatable bonds is 1. The standard InChI is InChI=1S/C14H16O/c1-14(2,3)12-7-10-5-4-6-11(9-15)13(10)8-12/h4-6,8-9H,7H2,1-3H3. The zero-order chi connectivity index (χ0) is 11.1. The highest BCUT2D eigenvalue weighted by Gasteiger charge is 2.23. The van der Waals surface area contributed by atoms with Crippen LogP contribution in [0.1, 0.15) is 42.3 Å².